The molecule has 0 saturated carbocycles. The quantitative estimate of drug-likeness (QED) is 0.583. The highest BCUT2D eigenvalue weighted by Gasteiger charge is 2.01. The van der Waals surface area contributed by atoms with Gasteiger partial charge in [0, 0.05) is 0 Å². The molecule has 2 aromatic rings. The molecule has 1 atom stereocenters. The van der Waals surface area contributed by atoms with Crippen LogP contribution in [-0.4, -0.2) is 5.11 Å². The normalized spacial score (nSPS) is 12.4. The molecule has 0 aliphatic rings. The van der Waals surface area contributed by atoms with Crippen molar-refractivity contribution in [3.63, 3.8) is 0 Å². The lowest BCUT2D eigenvalue weighted by Crippen LogP contribution is -1.87. The zero-order chi connectivity index (χ0) is 10.7. The van der Waals surface area contributed by atoms with Gasteiger partial charge in [0.1, 0.15) is 5.44 Å². The highest BCUT2D eigenvalue weighted by atomic mass is 32.1. The van der Waals surface area contributed by atoms with Gasteiger partial charge >= 0.3 is 0 Å². The van der Waals surface area contributed by atoms with Crippen LogP contribution in [0.5, 0.6) is 0 Å². The number of benzene rings is 2. The van der Waals surface area contributed by atoms with Gasteiger partial charge in [0.2, 0.25) is 0 Å². The zero-order valence-electron chi connectivity index (χ0n) is 8.17. The van der Waals surface area contributed by atoms with Crippen molar-refractivity contribution < 1.29 is 5.11 Å². The van der Waals surface area contributed by atoms with Crippen LogP contribution >= 0.6 is 12.6 Å². The van der Waals surface area contributed by atoms with E-state index in [1.54, 1.807) is 0 Å². The molecule has 2 aromatic carbocycles. The minimum absolute atomic E-state index is 0.699. The Balaban J connectivity index is 2.32. The Labute approximate surface area is 94.8 Å². The number of aliphatic hydroxyl groups is 1. The number of thiol groups is 1. The van der Waals surface area contributed by atoms with Crippen molar-refractivity contribution >= 4 is 12.6 Å². The molecule has 0 spiro atoms. The lowest BCUT2D eigenvalue weighted by Gasteiger charge is -2.05. The van der Waals surface area contributed by atoms with Crippen molar-refractivity contribution in [2.24, 2.45) is 0 Å². The summed E-state index contributed by atoms with van der Waals surface area (Å²) >= 11 is 3.96. The molecule has 0 heterocycles. The number of hydrogen-bond acceptors (Lipinski definition) is 2. The molecule has 2 rings (SSSR count). The van der Waals surface area contributed by atoms with E-state index in [2.05, 4.69) is 24.8 Å². The minimum atomic E-state index is -0.699. The molecule has 0 radical (unpaired) electrons. The highest BCUT2D eigenvalue weighted by Crippen LogP contribution is 2.22. The molecule has 0 amide bonds. The smallest absolute Gasteiger partial charge is 0.122 e. The molecule has 0 fully saturated rings. The first-order valence-electron chi connectivity index (χ1n) is 4.79. The second-order valence-corrected chi connectivity index (χ2v) is 3.85. The Bertz CT molecular complexity index is 420. The summed E-state index contributed by atoms with van der Waals surface area (Å²) in [4.78, 5) is 0. The van der Waals surface area contributed by atoms with Crippen LogP contribution in [0.2, 0.25) is 0 Å². The number of hydrogen-bond donors (Lipinski definition) is 2. The maximum absolute atomic E-state index is 9.25. The molecule has 15 heavy (non-hydrogen) atoms. The van der Waals surface area contributed by atoms with E-state index in [1.807, 2.05) is 42.5 Å². The molecule has 2 heteroatoms. The summed E-state index contributed by atoms with van der Waals surface area (Å²) in [7, 11) is 0. The van der Waals surface area contributed by atoms with Crippen LogP contribution < -0.4 is 0 Å². The van der Waals surface area contributed by atoms with Crippen molar-refractivity contribution in [1.82, 2.24) is 0 Å². The lowest BCUT2D eigenvalue weighted by atomic mass is 10.0. The predicted octanol–water partition coefficient (Wildman–Crippen LogP) is 3.27. The molecular weight excluding hydrogens is 204 g/mol. The largest absolute Gasteiger partial charge is 0.378 e. The van der Waals surface area contributed by atoms with Crippen molar-refractivity contribution in [2.45, 2.75) is 5.44 Å². The van der Waals surface area contributed by atoms with E-state index in [-0.39, 0.29) is 0 Å². The van der Waals surface area contributed by atoms with E-state index in [0.717, 1.165) is 11.1 Å². The first-order valence-corrected chi connectivity index (χ1v) is 5.30. The standard InChI is InChI=1S/C13H12OS/c14-13(15)12-8-6-11(7-9-12)10-4-2-1-3-5-10/h1-9,13-15H. The minimum Gasteiger partial charge on any atom is -0.378 e. The SMILES string of the molecule is OC(S)c1ccc(-c2ccccc2)cc1. The Hall–Kier alpha value is -1.25. The van der Waals surface area contributed by atoms with Crippen LogP contribution in [0.3, 0.4) is 0 Å². The molecule has 1 unspecified atom stereocenters. The number of aliphatic hydroxyl groups excluding tert-OH is 1. The third kappa shape index (κ3) is 2.41. The summed E-state index contributed by atoms with van der Waals surface area (Å²) < 4.78 is 0. The Morgan fingerprint density at radius 3 is 1.87 bits per heavy atom. The van der Waals surface area contributed by atoms with Crippen molar-refractivity contribution in [3.05, 3.63) is 60.2 Å². The van der Waals surface area contributed by atoms with Crippen LogP contribution in [0.4, 0.5) is 0 Å². The molecule has 0 aromatic heterocycles. The van der Waals surface area contributed by atoms with Crippen molar-refractivity contribution in [3.8, 4) is 11.1 Å². The topological polar surface area (TPSA) is 20.2 Å². The average Bonchev–Trinajstić information content (AvgIpc) is 2.30. The van der Waals surface area contributed by atoms with Crippen LogP contribution in [0, 0.1) is 0 Å². The number of rotatable bonds is 2. The second kappa shape index (κ2) is 4.51. The first-order chi connectivity index (χ1) is 7.27. The molecule has 0 saturated heterocycles. The van der Waals surface area contributed by atoms with Gasteiger partial charge in [0.15, 0.2) is 0 Å². The lowest BCUT2D eigenvalue weighted by molar-refractivity contribution is 0.272. The zero-order valence-corrected chi connectivity index (χ0v) is 9.06. The molecule has 76 valence electrons. The van der Waals surface area contributed by atoms with Gasteiger partial charge in [-0.25, -0.2) is 0 Å². The fourth-order valence-electron chi connectivity index (χ4n) is 1.48. The highest BCUT2D eigenvalue weighted by molar-refractivity contribution is 7.80. The molecular formula is C13H12OS. The predicted molar refractivity (Wildman–Crippen MR) is 65.8 cm³/mol. The summed E-state index contributed by atoms with van der Waals surface area (Å²) in [6.45, 7) is 0. The molecule has 1 nitrogen and oxygen atoms in total. The summed E-state index contributed by atoms with van der Waals surface area (Å²) in [6.07, 6.45) is 0. The van der Waals surface area contributed by atoms with Gasteiger partial charge in [0.05, 0.1) is 0 Å². The average molecular weight is 216 g/mol. The van der Waals surface area contributed by atoms with Gasteiger partial charge in [0.25, 0.3) is 0 Å². The van der Waals surface area contributed by atoms with E-state index in [0.29, 0.717) is 0 Å². The molecule has 1 N–H and O–H groups in total. The van der Waals surface area contributed by atoms with Crippen LogP contribution in [0.1, 0.15) is 11.0 Å². The summed E-state index contributed by atoms with van der Waals surface area (Å²) in [6, 6.07) is 17.9. The fourth-order valence-corrected chi connectivity index (χ4v) is 1.65. The van der Waals surface area contributed by atoms with E-state index in [4.69, 9.17) is 0 Å². The van der Waals surface area contributed by atoms with Crippen LogP contribution in [0.15, 0.2) is 54.6 Å². The van der Waals surface area contributed by atoms with E-state index in [1.165, 1.54) is 5.56 Å². The van der Waals surface area contributed by atoms with E-state index in [9.17, 15) is 5.11 Å². The van der Waals surface area contributed by atoms with Gasteiger partial charge in [-0.3, -0.25) is 0 Å². The van der Waals surface area contributed by atoms with Gasteiger partial charge in [-0.1, -0.05) is 54.6 Å². The third-order valence-corrected chi connectivity index (χ3v) is 2.61. The summed E-state index contributed by atoms with van der Waals surface area (Å²) in [5.41, 5.74) is 2.44. The van der Waals surface area contributed by atoms with Gasteiger partial charge in [-0.05, 0) is 16.7 Å². The molecule has 0 aliphatic carbocycles. The molecule has 0 aliphatic heterocycles. The van der Waals surface area contributed by atoms with Crippen LogP contribution in [0.25, 0.3) is 11.1 Å². The Kier molecular flexibility index (Phi) is 3.09. The van der Waals surface area contributed by atoms with Gasteiger partial charge < -0.3 is 5.11 Å². The van der Waals surface area contributed by atoms with Crippen LogP contribution in [-0.2, 0) is 0 Å². The maximum Gasteiger partial charge on any atom is 0.122 e. The Morgan fingerprint density at radius 1 is 0.800 bits per heavy atom. The van der Waals surface area contributed by atoms with Crippen molar-refractivity contribution in [2.75, 3.05) is 0 Å². The second-order valence-electron chi connectivity index (χ2n) is 3.36. The Morgan fingerprint density at radius 2 is 1.33 bits per heavy atom. The van der Waals surface area contributed by atoms with E-state index < -0.39 is 5.44 Å². The third-order valence-electron chi connectivity index (χ3n) is 2.32. The van der Waals surface area contributed by atoms with Crippen molar-refractivity contribution in [1.29, 1.82) is 0 Å². The molecule has 0 bridgehead atoms. The fraction of sp³-hybridized carbons (Fsp3) is 0.0769. The van der Waals surface area contributed by atoms with Gasteiger partial charge in [-0.15, -0.1) is 12.6 Å². The first kappa shape index (κ1) is 10.3. The van der Waals surface area contributed by atoms with Gasteiger partial charge in [-0.2, -0.15) is 0 Å². The monoisotopic (exact) mass is 216 g/mol. The maximum atomic E-state index is 9.25. The van der Waals surface area contributed by atoms with E-state index >= 15 is 0 Å². The summed E-state index contributed by atoms with van der Waals surface area (Å²) in [5.74, 6) is 0. The summed E-state index contributed by atoms with van der Waals surface area (Å²) in [5, 5.41) is 9.25.